The maximum atomic E-state index is 8.76. The summed E-state index contributed by atoms with van der Waals surface area (Å²) in [5, 5.41) is 9.57. The van der Waals surface area contributed by atoms with Gasteiger partial charge in [-0.25, -0.2) is 4.98 Å². The van der Waals surface area contributed by atoms with Gasteiger partial charge in [0.2, 0.25) is 0 Å². The highest BCUT2D eigenvalue weighted by atomic mass is 35.5. The van der Waals surface area contributed by atoms with Crippen LogP contribution in [0.15, 0.2) is 78.9 Å². The van der Waals surface area contributed by atoms with E-state index in [1.54, 1.807) is 7.11 Å². The lowest BCUT2D eigenvalue weighted by Gasteiger charge is -2.15. The van der Waals surface area contributed by atoms with Gasteiger partial charge in [-0.05, 0) is 36.4 Å². The second-order valence-corrected chi connectivity index (χ2v) is 5.70. The molecule has 0 saturated heterocycles. The van der Waals surface area contributed by atoms with Gasteiger partial charge in [0.1, 0.15) is 17.1 Å². The Labute approximate surface area is 157 Å². The molecular formula is C21H18ClN3O. The number of halogens is 1. The van der Waals surface area contributed by atoms with Crippen molar-refractivity contribution in [2.45, 2.75) is 0 Å². The van der Waals surface area contributed by atoms with E-state index < -0.39 is 0 Å². The van der Waals surface area contributed by atoms with Crippen LogP contribution in [0.2, 0.25) is 0 Å². The van der Waals surface area contributed by atoms with E-state index in [1.807, 2.05) is 83.4 Å². The zero-order chi connectivity index (χ0) is 17.2. The number of para-hydroxylation sites is 1. The first-order valence-electron chi connectivity index (χ1n) is 8.04. The highest BCUT2D eigenvalue weighted by molar-refractivity contribution is 5.85. The predicted octanol–water partition coefficient (Wildman–Crippen LogP) is 4.60. The summed E-state index contributed by atoms with van der Waals surface area (Å²) in [5.74, 6) is 1.53. The molecule has 4 aromatic rings. The Morgan fingerprint density at radius 1 is 0.846 bits per heavy atom. The van der Waals surface area contributed by atoms with Gasteiger partial charge in [0, 0.05) is 16.6 Å². The number of nitrogens with one attached hydrogen (secondary N) is 1. The smallest absolute Gasteiger partial charge is 0.146 e. The van der Waals surface area contributed by atoms with Crippen LogP contribution in [0.3, 0.4) is 0 Å². The number of aromatic nitrogens is 2. The molecule has 0 atom stereocenters. The normalized spacial score (nSPS) is 10.3. The predicted molar refractivity (Wildman–Crippen MR) is 106 cm³/mol. The average molecular weight is 364 g/mol. The van der Waals surface area contributed by atoms with Crippen molar-refractivity contribution in [1.29, 1.82) is 5.41 Å². The summed E-state index contributed by atoms with van der Waals surface area (Å²) in [6.45, 7) is 0. The third kappa shape index (κ3) is 3.07. The molecule has 1 aromatic heterocycles. The first-order valence-corrected chi connectivity index (χ1v) is 8.04. The molecule has 0 aliphatic rings. The Morgan fingerprint density at radius 2 is 1.50 bits per heavy atom. The summed E-state index contributed by atoms with van der Waals surface area (Å²) in [6, 6.07) is 25.4. The van der Waals surface area contributed by atoms with E-state index in [1.165, 1.54) is 0 Å². The number of benzene rings is 3. The number of nitrogens with zero attached hydrogens (tertiary/aromatic N) is 2. The van der Waals surface area contributed by atoms with Gasteiger partial charge in [-0.3, -0.25) is 9.98 Å². The molecule has 0 aliphatic heterocycles. The molecule has 5 heteroatoms. The van der Waals surface area contributed by atoms with E-state index in [4.69, 9.17) is 15.1 Å². The van der Waals surface area contributed by atoms with Crippen molar-refractivity contribution in [3.63, 3.8) is 0 Å². The van der Waals surface area contributed by atoms with Crippen LogP contribution >= 0.6 is 12.4 Å². The first kappa shape index (κ1) is 17.7. The summed E-state index contributed by atoms with van der Waals surface area (Å²) < 4.78 is 7.12. The van der Waals surface area contributed by atoms with E-state index in [-0.39, 0.29) is 12.4 Å². The Morgan fingerprint density at radius 3 is 2.19 bits per heavy atom. The van der Waals surface area contributed by atoms with Crippen LogP contribution in [0, 0.1) is 5.41 Å². The van der Waals surface area contributed by atoms with Gasteiger partial charge in [-0.2, -0.15) is 0 Å². The van der Waals surface area contributed by atoms with E-state index in [9.17, 15) is 0 Å². The topological polar surface area (TPSA) is 50.9 Å². The van der Waals surface area contributed by atoms with E-state index in [0.29, 0.717) is 5.49 Å². The molecule has 1 heterocycles. The quantitative estimate of drug-likeness (QED) is 0.578. The molecule has 1 N–H and O–H groups in total. The van der Waals surface area contributed by atoms with Crippen LogP contribution in [0.4, 0.5) is 0 Å². The largest absolute Gasteiger partial charge is 0.497 e. The van der Waals surface area contributed by atoms with Crippen molar-refractivity contribution in [3.05, 3.63) is 84.4 Å². The van der Waals surface area contributed by atoms with Crippen molar-refractivity contribution in [1.82, 2.24) is 9.55 Å². The Bertz CT molecular complexity index is 1090. The van der Waals surface area contributed by atoms with Crippen LogP contribution in [-0.4, -0.2) is 16.7 Å². The minimum absolute atomic E-state index is 0. The molecule has 0 saturated carbocycles. The van der Waals surface area contributed by atoms with Gasteiger partial charge < -0.3 is 4.74 Å². The van der Waals surface area contributed by atoms with Crippen molar-refractivity contribution in [2.24, 2.45) is 0 Å². The van der Waals surface area contributed by atoms with Crippen molar-refractivity contribution in [2.75, 3.05) is 7.11 Å². The Hall–Kier alpha value is -3.11. The second-order valence-electron chi connectivity index (χ2n) is 5.70. The van der Waals surface area contributed by atoms with Crippen LogP contribution in [0.5, 0.6) is 5.75 Å². The molecule has 4 rings (SSSR count). The first-order chi connectivity index (χ1) is 12.3. The fraction of sp³-hybridized carbons (Fsp3) is 0.0476. The van der Waals surface area contributed by atoms with E-state index >= 15 is 0 Å². The van der Waals surface area contributed by atoms with E-state index in [0.717, 1.165) is 33.7 Å². The molecule has 0 radical (unpaired) electrons. The lowest BCUT2D eigenvalue weighted by Crippen LogP contribution is -2.22. The maximum Gasteiger partial charge on any atom is 0.146 e. The lowest BCUT2D eigenvalue weighted by atomic mass is 10.1. The minimum atomic E-state index is 0. The molecule has 130 valence electrons. The zero-order valence-corrected chi connectivity index (χ0v) is 15.0. The van der Waals surface area contributed by atoms with Crippen LogP contribution in [-0.2, 0) is 0 Å². The fourth-order valence-electron chi connectivity index (χ4n) is 2.93. The van der Waals surface area contributed by atoms with Crippen LogP contribution in [0.25, 0.3) is 28.0 Å². The number of ether oxygens (including phenoxy) is 1. The van der Waals surface area contributed by atoms with Crippen molar-refractivity contribution < 1.29 is 4.74 Å². The Balaban J connectivity index is 0.00000196. The maximum absolute atomic E-state index is 8.76. The van der Waals surface area contributed by atoms with Gasteiger partial charge in [0.15, 0.2) is 0 Å². The number of hydrogen-bond donors (Lipinski definition) is 1. The minimum Gasteiger partial charge on any atom is -0.497 e. The van der Waals surface area contributed by atoms with Gasteiger partial charge in [0.25, 0.3) is 0 Å². The summed E-state index contributed by atoms with van der Waals surface area (Å²) in [7, 11) is 1.64. The lowest BCUT2D eigenvalue weighted by molar-refractivity contribution is 0.414. The van der Waals surface area contributed by atoms with E-state index in [2.05, 4.69) is 0 Å². The fourth-order valence-corrected chi connectivity index (χ4v) is 2.93. The number of rotatable bonds is 3. The summed E-state index contributed by atoms with van der Waals surface area (Å²) in [5.41, 5.74) is 3.08. The van der Waals surface area contributed by atoms with Gasteiger partial charge in [-0.15, -0.1) is 12.4 Å². The molecule has 3 aromatic carbocycles. The summed E-state index contributed by atoms with van der Waals surface area (Å²) >= 11 is 0. The molecule has 26 heavy (non-hydrogen) atoms. The monoisotopic (exact) mass is 363 g/mol. The number of hydrogen-bond acceptors (Lipinski definition) is 3. The average Bonchev–Trinajstić information content (AvgIpc) is 2.69. The molecule has 4 nitrogen and oxygen atoms in total. The van der Waals surface area contributed by atoms with Gasteiger partial charge >= 0.3 is 0 Å². The molecule has 0 fully saturated rings. The standard InChI is InChI=1S/C21H17N3O.ClH/c1-25-17-13-11-16(12-14-17)24-20(22)18-9-5-6-10-19(18)23-21(24)15-7-3-2-4-8-15;/h2-14,22H,1H3;1H. The zero-order valence-electron chi connectivity index (χ0n) is 14.2. The highest BCUT2D eigenvalue weighted by Crippen LogP contribution is 2.23. The van der Waals surface area contributed by atoms with Gasteiger partial charge in [0.05, 0.1) is 12.6 Å². The van der Waals surface area contributed by atoms with Gasteiger partial charge in [-0.1, -0.05) is 42.5 Å². The Kier molecular flexibility index (Phi) is 5.05. The molecule has 0 unspecified atom stereocenters. The molecular weight excluding hydrogens is 346 g/mol. The number of fused-ring (bicyclic) bond motifs is 1. The highest BCUT2D eigenvalue weighted by Gasteiger charge is 2.12. The number of methoxy groups -OCH3 is 1. The third-order valence-electron chi connectivity index (χ3n) is 4.18. The van der Waals surface area contributed by atoms with Crippen LogP contribution < -0.4 is 10.2 Å². The summed E-state index contributed by atoms with van der Waals surface area (Å²) in [6.07, 6.45) is 0. The van der Waals surface area contributed by atoms with Crippen molar-refractivity contribution >= 4 is 23.3 Å². The second kappa shape index (κ2) is 7.42. The molecule has 0 aliphatic carbocycles. The SMILES string of the molecule is COc1ccc(-n2c(-c3ccccc3)nc3ccccc3c2=N)cc1.Cl. The molecule has 0 bridgehead atoms. The molecule has 0 amide bonds. The van der Waals surface area contributed by atoms with Crippen LogP contribution in [0.1, 0.15) is 0 Å². The third-order valence-corrected chi connectivity index (χ3v) is 4.18. The summed E-state index contributed by atoms with van der Waals surface area (Å²) in [4.78, 5) is 4.84. The van der Waals surface area contributed by atoms with Crippen molar-refractivity contribution in [3.8, 4) is 22.8 Å². The molecule has 0 spiro atoms.